The molecular formula is C29H25Cl2FN4O3. The van der Waals surface area contributed by atoms with E-state index in [1.54, 1.807) is 47.4 Å². The Hall–Kier alpha value is -3.59. The van der Waals surface area contributed by atoms with Crippen LogP contribution in [0.3, 0.4) is 0 Å². The maximum Gasteiger partial charge on any atom is 0.261 e. The van der Waals surface area contributed by atoms with Crippen molar-refractivity contribution in [2.45, 2.75) is 38.6 Å². The van der Waals surface area contributed by atoms with Gasteiger partial charge in [0, 0.05) is 33.0 Å². The molecule has 0 saturated heterocycles. The first kappa shape index (κ1) is 25.7. The minimum absolute atomic E-state index is 0.144. The highest BCUT2D eigenvalue weighted by Crippen LogP contribution is 2.58. The van der Waals surface area contributed by atoms with Crippen molar-refractivity contribution in [2.24, 2.45) is 0 Å². The first-order valence-electron chi connectivity index (χ1n) is 12.4. The van der Waals surface area contributed by atoms with Gasteiger partial charge in [-0.25, -0.2) is 9.37 Å². The second-order valence-corrected chi connectivity index (χ2v) is 10.9. The van der Waals surface area contributed by atoms with Crippen LogP contribution in [0.5, 0.6) is 5.75 Å². The predicted octanol–water partition coefficient (Wildman–Crippen LogP) is 6.60. The molecule has 1 spiro atoms. The molecule has 2 aliphatic rings. The van der Waals surface area contributed by atoms with Crippen molar-refractivity contribution in [1.29, 1.82) is 0 Å². The average molecular weight is 567 g/mol. The SMILES string of the molecule is COc1cccc(F)c1-c1nc2c(n1C(C)C)C1(C(=O)Nc3cc(Cl)ccc31)N(c1cc(Cl)ccc1C)C2O. The van der Waals surface area contributed by atoms with Gasteiger partial charge in [-0.15, -0.1) is 0 Å². The Morgan fingerprint density at radius 2 is 1.85 bits per heavy atom. The fourth-order valence-corrected chi connectivity index (χ4v) is 6.22. The number of fused-ring (bicyclic) bond motifs is 4. The zero-order valence-corrected chi connectivity index (χ0v) is 23.1. The number of rotatable bonds is 4. The fraction of sp³-hybridized carbons (Fsp3) is 0.241. The van der Waals surface area contributed by atoms with Crippen molar-refractivity contribution in [2.75, 3.05) is 17.3 Å². The summed E-state index contributed by atoms with van der Waals surface area (Å²) in [6, 6.07) is 14.7. The summed E-state index contributed by atoms with van der Waals surface area (Å²) < 4.78 is 22.7. The van der Waals surface area contributed by atoms with Crippen molar-refractivity contribution in [3.63, 3.8) is 0 Å². The molecule has 2 unspecified atom stereocenters. The van der Waals surface area contributed by atoms with Gasteiger partial charge in [0.05, 0.1) is 18.4 Å². The highest BCUT2D eigenvalue weighted by atomic mass is 35.5. The molecule has 7 nitrogen and oxygen atoms in total. The van der Waals surface area contributed by atoms with Crippen molar-refractivity contribution >= 4 is 40.5 Å². The number of hydrogen-bond donors (Lipinski definition) is 2. The van der Waals surface area contributed by atoms with Crippen LogP contribution in [0.2, 0.25) is 10.0 Å². The van der Waals surface area contributed by atoms with Crippen LogP contribution in [-0.2, 0) is 10.3 Å². The molecule has 2 aliphatic heterocycles. The van der Waals surface area contributed by atoms with E-state index in [4.69, 9.17) is 32.9 Å². The van der Waals surface area contributed by atoms with Gasteiger partial charge in [0.15, 0.2) is 11.8 Å². The quantitative estimate of drug-likeness (QED) is 0.291. The van der Waals surface area contributed by atoms with Gasteiger partial charge in [-0.05, 0) is 62.7 Å². The molecule has 2 atom stereocenters. The number of aliphatic hydroxyl groups excluding tert-OH is 1. The number of carbonyl (C=O) groups is 1. The van der Waals surface area contributed by atoms with Crippen LogP contribution in [0.15, 0.2) is 54.6 Å². The Bertz CT molecular complexity index is 1670. The molecule has 2 N–H and O–H groups in total. The maximum absolute atomic E-state index is 15.4. The van der Waals surface area contributed by atoms with Gasteiger partial charge in [0.25, 0.3) is 5.91 Å². The topological polar surface area (TPSA) is 79.6 Å². The van der Waals surface area contributed by atoms with Gasteiger partial charge in [0.1, 0.15) is 23.1 Å². The van der Waals surface area contributed by atoms with Gasteiger partial charge in [-0.3, -0.25) is 4.79 Å². The van der Waals surface area contributed by atoms with Crippen LogP contribution < -0.4 is 15.0 Å². The lowest BCUT2D eigenvalue weighted by atomic mass is 9.86. The molecule has 0 bridgehead atoms. The lowest BCUT2D eigenvalue weighted by Gasteiger charge is -2.39. The van der Waals surface area contributed by atoms with Crippen LogP contribution in [0.4, 0.5) is 15.8 Å². The minimum Gasteiger partial charge on any atom is -0.496 e. The average Bonchev–Trinajstić information content (AvgIpc) is 3.49. The molecule has 3 heterocycles. The molecule has 4 aromatic rings. The summed E-state index contributed by atoms with van der Waals surface area (Å²) in [6.45, 7) is 5.72. The van der Waals surface area contributed by atoms with E-state index >= 15 is 4.39 Å². The van der Waals surface area contributed by atoms with Crippen molar-refractivity contribution in [3.05, 3.63) is 93.0 Å². The van der Waals surface area contributed by atoms with Gasteiger partial charge in [0.2, 0.25) is 0 Å². The first-order valence-corrected chi connectivity index (χ1v) is 13.2. The van der Waals surface area contributed by atoms with Crippen molar-refractivity contribution < 1.29 is 19.0 Å². The molecule has 10 heteroatoms. The standard InChI is InChI=1S/C29H25Cl2FN4O3/c1-14(2)35-25-24(34-26(35)23-19(32)6-5-7-22(23)39-4)27(37)36(21-13-17(31)9-8-15(21)3)29(25)18-11-10-16(30)12-20(18)33-28(29)38/h5-14,27,37H,1-4H3,(H,33,38). The number of nitrogens with one attached hydrogen (secondary N) is 1. The van der Waals surface area contributed by atoms with Crippen LogP contribution in [0.25, 0.3) is 11.4 Å². The lowest BCUT2D eigenvalue weighted by Crippen LogP contribution is -2.50. The number of methoxy groups -OCH3 is 1. The third-order valence-electron chi connectivity index (χ3n) is 7.45. The number of aromatic nitrogens is 2. The van der Waals surface area contributed by atoms with Crippen LogP contribution in [0, 0.1) is 12.7 Å². The number of anilines is 2. The van der Waals surface area contributed by atoms with E-state index in [0.29, 0.717) is 32.7 Å². The van der Waals surface area contributed by atoms with E-state index in [2.05, 4.69) is 5.32 Å². The summed E-state index contributed by atoms with van der Waals surface area (Å²) in [7, 11) is 1.46. The van der Waals surface area contributed by atoms with Gasteiger partial charge in [-0.1, -0.05) is 41.4 Å². The van der Waals surface area contributed by atoms with Crippen LogP contribution >= 0.6 is 23.2 Å². The van der Waals surface area contributed by atoms with E-state index in [0.717, 1.165) is 5.56 Å². The minimum atomic E-state index is -1.56. The highest BCUT2D eigenvalue weighted by molar-refractivity contribution is 6.31. The smallest absolute Gasteiger partial charge is 0.261 e. The molecule has 0 saturated carbocycles. The third-order valence-corrected chi connectivity index (χ3v) is 7.92. The number of hydrogen-bond acceptors (Lipinski definition) is 5. The zero-order valence-electron chi connectivity index (χ0n) is 21.6. The Kier molecular flexibility index (Phi) is 5.91. The van der Waals surface area contributed by atoms with Crippen molar-refractivity contribution in [3.8, 4) is 17.1 Å². The Balaban J connectivity index is 1.75. The molecule has 1 aromatic heterocycles. The third kappa shape index (κ3) is 3.45. The zero-order chi connectivity index (χ0) is 27.8. The van der Waals surface area contributed by atoms with Crippen LogP contribution in [0.1, 0.15) is 48.6 Å². The number of halogens is 3. The second kappa shape index (κ2) is 8.98. The molecule has 0 aliphatic carbocycles. The number of ether oxygens (including phenoxy) is 1. The van der Waals surface area contributed by atoms with Gasteiger partial charge >= 0.3 is 0 Å². The molecule has 0 fully saturated rings. The molecule has 1 amide bonds. The summed E-state index contributed by atoms with van der Waals surface area (Å²) in [5.41, 5.74) is 1.71. The van der Waals surface area contributed by atoms with Gasteiger partial charge < -0.3 is 24.6 Å². The van der Waals surface area contributed by atoms with E-state index in [9.17, 15) is 9.90 Å². The van der Waals surface area contributed by atoms with Crippen LogP contribution in [-0.4, -0.2) is 27.7 Å². The number of aryl methyl sites for hydroxylation is 1. The monoisotopic (exact) mass is 566 g/mol. The second-order valence-electron chi connectivity index (χ2n) is 9.98. The summed E-state index contributed by atoms with van der Waals surface area (Å²) in [5.74, 6) is -0.393. The molecule has 3 aromatic carbocycles. The largest absolute Gasteiger partial charge is 0.496 e. The predicted molar refractivity (Wildman–Crippen MR) is 149 cm³/mol. The van der Waals surface area contributed by atoms with E-state index in [-0.39, 0.29) is 28.9 Å². The molecular weight excluding hydrogens is 542 g/mol. The number of benzene rings is 3. The number of imidazole rings is 1. The fourth-order valence-electron chi connectivity index (χ4n) is 5.88. The molecule has 39 heavy (non-hydrogen) atoms. The number of amides is 1. The van der Waals surface area contributed by atoms with E-state index in [1.807, 2.05) is 31.4 Å². The Morgan fingerprint density at radius 3 is 2.56 bits per heavy atom. The molecule has 6 rings (SSSR count). The highest BCUT2D eigenvalue weighted by Gasteiger charge is 2.64. The molecule has 0 radical (unpaired) electrons. The Morgan fingerprint density at radius 1 is 1.13 bits per heavy atom. The Labute approximate surface area is 234 Å². The molecule has 200 valence electrons. The lowest BCUT2D eigenvalue weighted by molar-refractivity contribution is -0.120. The summed E-state index contributed by atoms with van der Waals surface area (Å²) in [4.78, 5) is 20.7. The normalized spacial score (nSPS) is 19.6. The number of aliphatic hydroxyl groups is 1. The van der Waals surface area contributed by atoms with E-state index < -0.39 is 23.5 Å². The summed E-state index contributed by atoms with van der Waals surface area (Å²) >= 11 is 12.7. The summed E-state index contributed by atoms with van der Waals surface area (Å²) in [5, 5.41) is 15.8. The number of nitrogens with zero attached hydrogens (tertiary/aromatic N) is 3. The van der Waals surface area contributed by atoms with Crippen molar-refractivity contribution in [1.82, 2.24) is 9.55 Å². The first-order chi connectivity index (χ1) is 18.6. The van der Waals surface area contributed by atoms with E-state index in [1.165, 1.54) is 13.2 Å². The maximum atomic E-state index is 15.4. The number of carbonyl (C=O) groups excluding carboxylic acids is 1. The summed E-state index contributed by atoms with van der Waals surface area (Å²) in [6.07, 6.45) is -1.36. The van der Waals surface area contributed by atoms with Gasteiger partial charge in [-0.2, -0.15) is 0 Å².